The Kier molecular flexibility index (Phi) is 11.6. The number of benzene rings is 4. The summed E-state index contributed by atoms with van der Waals surface area (Å²) in [6.45, 7) is 10.5. The molecule has 2 aliphatic rings. The monoisotopic (exact) mass is 660 g/mol. The van der Waals surface area contributed by atoms with E-state index in [0.717, 1.165) is 88.4 Å². The number of aliphatic imine (C=N–C) groups is 2. The highest BCUT2D eigenvalue weighted by atomic mass is 16.5. The first-order valence-corrected chi connectivity index (χ1v) is 17.4. The Morgan fingerprint density at radius 2 is 1.00 bits per heavy atom. The summed E-state index contributed by atoms with van der Waals surface area (Å²) in [6, 6.07) is 24.6. The summed E-state index contributed by atoms with van der Waals surface area (Å²) in [5.74, 6) is 2.30. The second-order valence-corrected chi connectivity index (χ2v) is 13.2. The third-order valence-electron chi connectivity index (χ3n) is 9.03. The van der Waals surface area contributed by atoms with Crippen molar-refractivity contribution < 1.29 is 19.7 Å². The number of para-hydroxylation sites is 2. The quantitative estimate of drug-likeness (QED) is 0.207. The molecule has 2 atom stereocenters. The topological polar surface area (TPSA) is 90.1 Å². The Hall–Kier alpha value is -4.66. The molecule has 0 saturated heterocycles. The fourth-order valence-corrected chi connectivity index (χ4v) is 6.67. The number of hydrogen-bond acceptors (Lipinski definition) is 8. The average Bonchev–Trinajstić information content (AvgIpc) is 3.08. The number of aryl methyl sites for hydroxylation is 2. The van der Waals surface area contributed by atoms with Crippen LogP contribution in [0.1, 0.15) is 63.8 Å². The van der Waals surface area contributed by atoms with Crippen LogP contribution in [0.15, 0.2) is 82.8 Å². The first-order valence-electron chi connectivity index (χ1n) is 17.4. The van der Waals surface area contributed by atoms with E-state index in [1.54, 1.807) is 12.4 Å². The van der Waals surface area contributed by atoms with Crippen molar-refractivity contribution in [2.75, 3.05) is 39.4 Å². The molecule has 4 aromatic rings. The molecule has 0 aromatic heterocycles. The number of hydrogen-bond donors (Lipinski definition) is 2. The number of phenols is 2. The largest absolute Gasteiger partial charge is 0.507 e. The summed E-state index contributed by atoms with van der Waals surface area (Å²) in [7, 11) is 0. The fraction of sp³-hybridized carbons (Fsp3) is 0.366. The molecule has 0 fully saturated rings. The molecule has 8 nitrogen and oxygen atoms in total. The summed E-state index contributed by atoms with van der Waals surface area (Å²) >= 11 is 0. The second-order valence-electron chi connectivity index (χ2n) is 13.2. The molecule has 0 radical (unpaired) electrons. The van der Waals surface area contributed by atoms with Gasteiger partial charge in [-0.2, -0.15) is 0 Å². The number of phenolic OH excluding ortho intramolecular Hbond substituents is 2. The molecule has 49 heavy (non-hydrogen) atoms. The van der Waals surface area contributed by atoms with E-state index < -0.39 is 0 Å². The van der Waals surface area contributed by atoms with Crippen molar-refractivity contribution >= 4 is 12.4 Å². The van der Waals surface area contributed by atoms with Crippen LogP contribution in [0.25, 0.3) is 0 Å². The van der Waals surface area contributed by atoms with Crippen LogP contribution in [0.5, 0.6) is 23.0 Å². The van der Waals surface area contributed by atoms with Crippen molar-refractivity contribution in [3.8, 4) is 23.0 Å². The van der Waals surface area contributed by atoms with Gasteiger partial charge < -0.3 is 19.7 Å². The van der Waals surface area contributed by atoms with Gasteiger partial charge in [0.25, 0.3) is 0 Å². The maximum atomic E-state index is 11.4. The van der Waals surface area contributed by atoms with Crippen LogP contribution in [0.3, 0.4) is 0 Å². The third-order valence-corrected chi connectivity index (χ3v) is 9.03. The Bertz CT molecular complexity index is 1660. The first kappa shape index (κ1) is 34.2. The molecule has 2 heterocycles. The molecule has 0 spiro atoms. The van der Waals surface area contributed by atoms with E-state index in [2.05, 4.69) is 70.0 Å². The lowest BCUT2D eigenvalue weighted by molar-refractivity contribution is 0.195. The molecule has 0 saturated carbocycles. The minimum Gasteiger partial charge on any atom is -0.507 e. The van der Waals surface area contributed by atoms with Crippen molar-refractivity contribution in [3.05, 3.63) is 117 Å². The molecule has 4 aromatic carbocycles. The van der Waals surface area contributed by atoms with E-state index in [-0.39, 0.29) is 11.5 Å². The maximum Gasteiger partial charge on any atom is 0.128 e. The molecular weight excluding hydrogens is 612 g/mol. The van der Waals surface area contributed by atoms with Crippen LogP contribution in [-0.2, 0) is 26.2 Å². The SMILES string of the molecule is Cc1cc2c(O)c(c1)CN1CCCN(Cc3ccccc3OCCCOc3ccccc3C1)Cc1cc(C)cc(c1O)C=NCCCN=C2. The number of rotatable bonds is 0. The Morgan fingerprint density at radius 3 is 1.49 bits per heavy atom. The van der Waals surface area contributed by atoms with Crippen molar-refractivity contribution in [3.63, 3.8) is 0 Å². The van der Waals surface area contributed by atoms with Gasteiger partial charge in [-0.1, -0.05) is 48.5 Å². The van der Waals surface area contributed by atoms with Crippen LogP contribution >= 0.6 is 0 Å². The molecular formula is C41H48N4O4. The average molecular weight is 661 g/mol. The lowest BCUT2D eigenvalue weighted by atomic mass is 10.0. The lowest BCUT2D eigenvalue weighted by Crippen LogP contribution is -2.30. The smallest absolute Gasteiger partial charge is 0.128 e. The zero-order valence-corrected chi connectivity index (χ0v) is 28.8. The van der Waals surface area contributed by atoms with Crippen LogP contribution < -0.4 is 9.47 Å². The molecule has 0 aliphatic carbocycles. The molecule has 2 aliphatic heterocycles. The summed E-state index contributed by atoms with van der Waals surface area (Å²) in [6.07, 6.45) is 5.94. The lowest BCUT2D eigenvalue weighted by Gasteiger charge is -2.28. The molecule has 8 heteroatoms. The minimum atomic E-state index is 0.279. The molecule has 0 amide bonds. The van der Waals surface area contributed by atoms with Gasteiger partial charge in [-0.15, -0.1) is 0 Å². The number of nitrogens with zero attached hydrogens (tertiary/aromatic N) is 4. The van der Waals surface area contributed by atoms with Crippen LogP contribution in [0.4, 0.5) is 0 Å². The van der Waals surface area contributed by atoms with Gasteiger partial charge >= 0.3 is 0 Å². The van der Waals surface area contributed by atoms with Gasteiger partial charge in [0.05, 0.1) is 13.2 Å². The highest BCUT2D eigenvalue weighted by molar-refractivity contribution is 5.85. The fourth-order valence-electron chi connectivity index (χ4n) is 6.67. The first-order chi connectivity index (χ1) is 23.9. The summed E-state index contributed by atoms with van der Waals surface area (Å²) in [4.78, 5) is 14.0. The predicted molar refractivity (Wildman–Crippen MR) is 197 cm³/mol. The second kappa shape index (κ2) is 16.6. The molecule has 2 N–H and O–H groups in total. The van der Waals surface area contributed by atoms with Crippen LogP contribution in [0, 0.1) is 13.8 Å². The van der Waals surface area contributed by atoms with Gasteiger partial charge in [0.2, 0.25) is 0 Å². The zero-order valence-electron chi connectivity index (χ0n) is 28.8. The van der Waals surface area contributed by atoms with E-state index in [0.29, 0.717) is 52.5 Å². The standard InChI is InChI=1S/C41H48N4O4/c1-30-20-34-24-42-14-7-15-43-25-35-21-31(2)23-37(41(35)47)29-45-17-8-16-44(28-36(22-30)40(34)46)26-32-10-3-5-12-38(32)48-18-9-19-49-39-13-6-4-11-33(39)27-45/h3-6,10-13,20-25,46-47H,7-9,14-19,26-29H2,1-2H3. The van der Waals surface area contributed by atoms with E-state index in [1.165, 1.54) is 0 Å². The van der Waals surface area contributed by atoms with Crippen molar-refractivity contribution in [1.29, 1.82) is 0 Å². The molecule has 6 rings (SSSR count). The van der Waals surface area contributed by atoms with Gasteiger partial charge in [0.1, 0.15) is 23.0 Å². The number of aromatic hydroxyl groups is 2. The number of fused-ring (bicyclic) bond motifs is 10. The summed E-state index contributed by atoms with van der Waals surface area (Å²) in [5, 5.41) is 22.9. The summed E-state index contributed by atoms with van der Waals surface area (Å²) in [5.41, 5.74) is 7.62. The van der Waals surface area contributed by atoms with E-state index in [1.807, 2.05) is 36.4 Å². The van der Waals surface area contributed by atoms with Gasteiger partial charge in [-0.25, -0.2) is 0 Å². The highest BCUT2D eigenvalue weighted by Gasteiger charge is 2.19. The summed E-state index contributed by atoms with van der Waals surface area (Å²) < 4.78 is 12.6. The third kappa shape index (κ3) is 9.28. The van der Waals surface area contributed by atoms with Gasteiger partial charge in [0, 0.05) is 105 Å². The van der Waals surface area contributed by atoms with E-state index in [4.69, 9.17) is 9.47 Å². The van der Waals surface area contributed by atoms with Crippen LogP contribution in [-0.4, -0.2) is 71.8 Å². The highest BCUT2D eigenvalue weighted by Crippen LogP contribution is 2.30. The molecule has 6 bridgehead atoms. The van der Waals surface area contributed by atoms with E-state index in [9.17, 15) is 10.2 Å². The Balaban J connectivity index is 1.40. The van der Waals surface area contributed by atoms with Crippen molar-refractivity contribution in [1.82, 2.24) is 9.80 Å². The predicted octanol–water partition coefficient (Wildman–Crippen LogP) is 7.21. The molecule has 256 valence electrons. The normalized spacial score (nSPS) is 19.3. The van der Waals surface area contributed by atoms with Crippen molar-refractivity contribution in [2.45, 2.75) is 59.3 Å². The Labute approximate surface area is 290 Å². The maximum absolute atomic E-state index is 11.4. The Morgan fingerprint density at radius 1 is 0.551 bits per heavy atom. The number of ether oxygens (including phenoxy) is 2. The minimum absolute atomic E-state index is 0.279. The van der Waals surface area contributed by atoms with Crippen molar-refractivity contribution in [2.24, 2.45) is 9.98 Å². The van der Waals surface area contributed by atoms with E-state index >= 15 is 0 Å². The van der Waals surface area contributed by atoms with Gasteiger partial charge in [-0.05, 0) is 62.1 Å². The van der Waals surface area contributed by atoms with Gasteiger partial charge in [-0.3, -0.25) is 19.8 Å². The molecule has 2 unspecified atom stereocenters. The van der Waals surface area contributed by atoms with Crippen LogP contribution in [0.2, 0.25) is 0 Å². The van der Waals surface area contributed by atoms with Gasteiger partial charge in [0.15, 0.2) is 0 Å². The zero-order chi connectivity index (χ0) is 34.0.